The number of methoxy groups -OCH3 is 1. The molecule has 4 nitrogen and oxygen atoms in total. The molecule has 0 heterocycles. The summed E-state index contributed by atoms with van der Waals surface area (Å²) in [7, 11) is 1.32. The minimum Gasteiger partial charge on any atom is -0.465 e. The molecule has 1 rings (SSSR count). The summed E-state index contributed by atoms with van der Waals surface area (Å²) in [4.78, 5) is 22.5. The maximum absolute atomic E-state index is 11.3. The molecule has 0 saturated carbocycles. The van der Waals surface area contributed by atoms with E-state index in [2.05, 4.69) is 4.74 Å². The number of hydrogen-bond donors (Lipinski definition) is 1. The van der Waals surface area contributed by atoms with Crippen LogP contribution in [0.2, 0.25) is 0 Å². The van der Waals surface area contributed by atoms with E-state index in [4.69, 9.17) is 5.73 Å². The molecule has 0 aliphatic carbocycles. The maximum Gasteiger partial charge on any atom is 0.338 e. The number of Topliss-reactive ketones (excluding diaryl/α,β-unsaturated/α-hetero) is 1. The minimum atomic E-state index is -0.403. The van der Waals surface area contributed by atoms with Gasteiger partial charge in [-0.05, 0) is 24.6 Å². The molecule has 0 aromatic heterocycles. The molecule has 0 atom stereocenters. The highest BCUT2D eigenvalue weighted by molar-refractivity contribution is 5.99. The Labute approximate surface area is 88.0 Å². The summed E-state index contributed by atoms with van der Waals surface area (Å²) in [5.74, 6) is -0.547. The van der Waals surface area contributed by atoms with Crippen molar-refractivity contribution in [2.75, 3.05) is 13.7 Å². The average Bonchev–Trinajstić information content (AvgIpc) is 2.26. The second-order valence-electron chi connectivity index (χ2n) is 3.15. The first-order valence-electron chi connectivity index (χ1n) is 4.52. The average molecular weight is 207 g/mol. The van der Waals surface area contributed by atoms with Crippen LogP contribution in [0.3, 0.4) is 0 Å². The van der Waals surface area contributed by atoms with Crippen molar-refractivity contribution in [2.24, 2.45) is 5.73 Å². The summed E-state index contributed by atoms with van der Waals surface area (Å²) in [6.45, 7) is 1.72. The number of rotatable bonds is 3. The summed E-state index contributed by atoms with van der Waals surface area (Å²) in [5.41, 5.74) is 6.93. The summed E-state index contributed by atoms with van der Waals surface area (Å²) < 4.78 is 4.60. The molecule has 1 aromatic rings. The van der Waals surface area contributed by atoms with Crippen molar-refractivity contribution in [1.29, 1.82) is 0 Å². The topological polar surface area (TPSA) is 69.4 Å². The van der Waals surface area contributed by atoms with Crippen LogP contribution in [-0.4, -0.2) is 25.4 Å². The Balaban J connectivity index is 3.08. The maximum atomic E-state index is 11.3. The monoisotopic (exact) mass is 207 g/mol. The first-order chi connectivity index (χ1) is 7.10. The van der Waals surface area contributed by atoms with Crippen LogP contribution in [0.15, 0.2) is 18.2 Å². The van der Waals surface area contributed by atoms with Gasteiger partial charge in [0.25, 0.3) is 0 Å². The van der Waals surface area contributed by atoms with Crippen molar-refractivity contribution in [3.8, 4) is 0 Å². The van der Waals surface area contributed by atoms with Crippen LogP contribution in [0.5, 0.6) is 0 Å². The molecule has 0 aliphatic rings. The molecular formula is C11H13NO3. The standard InChI is InChI=1S/C11H13NO3/c1-7-5-8(10(13)6-12)3-4-9(7)11(14)15-2/h3-5H,6,12H2,1-2H3. The predicted octanol–water partition coefficient (Wildman–Crippen LogP) is 0.923. The zero-order valence-corrected chi connectivity index (χ0v) is 8.74. The van der Waals surface area contributed by atoms with Crippen molar-refractivity contribution < 1.29 is 14.3 Å². The fourth-order valence-electron chi connectivity index (χ4n) is 1.29. The molecule has 0 saturated heterocycles. The van der Waals surface area contributed by atoms with Crippen molar-refractivity contribution in [1.82, 2.24) is 0 Å². The summed E-state index contributed by atoms with van der Waals surface area (Å²) in [6, 6.07) is 4.79. The van der Waals surface area contributed by atoms with Gasteiger partial charge in [0, 0.05) is 5.56 Å². The van der Waals surface area contributed by atoms with Gasteiger partial charge in [0.05, 0.1) is 19.2 Å². The highest BCUT2D eigenvalue weighted by Crippen LogP contribution is 2.12. The van der Waals surface area contributed by atoms with E-state index >= 15 is 0 Å². The van der Waals surface area contributed by atoms with Gasteiger partial charge in [-0.2, -0.15) is 0 Å². The molecule has 15 heavy (non-hydrogen) atoms. The van der Waals surface area contributed by atoms with E-state index in [1.165, 1.54) is 7.11 Å². The lowest BCUT2D eigenvalue weighted by Gasteiger charge is -2.05. The van der Waals surface area contributed by atoms with Crippen molar-refractivity contribution in [2.45, 2.75) is 6.92 Å². The molecular weight excluding hydrogens is 194 g/mol. The largest absolute Gasteiger partial charge is 0.465 e. The third kappa shape index (κ3) is 2.41. The number of carbonyl (C=O) groups excluding carboxylic acids is 2. The number of ketones is 1. The smallest absolute Gasteiger partial charge is 0.338 e. The SMILES string of the molecule is COC(=O)c1ccc(C(=O)CN)cc1C. The Morgan fingerprint density at radius 1 is 1.40 bits per heavy atom. The molecule has 0 spiro atoms. The first-order valence-corrected chi connectivity index (χ1v) is 4.52. The van der Waals surface area contributed by atoms with E-state index in [9.17, 15) is 9.59 Å². The molecule has 0 fully saturated rings. The Bertz CT molecular complexity index is 399. The number of carbonyl (C=O) groups is 2. The van der Waals surface area contributed by atoms with Crippen LogP contribution in [0.4, 0.5) is 0 Å². The van der Waals surface area contributed by atoms with Gasteiger partial charge in [-0.3, -0.25) is 4.79 Å². The highest BCUT2D eigenvalue weighted by atomic mass is 16.5. The Morgan fingerprint density at radius 3 is 2.53 bits per heavy atom. The minimum absolute atomic E-state index is 0.0307. The fraction of sp³-hybridized carbons (Fsp3) is 0.273. The second-order valence-corrected chi connectivity index (χ2v) is 3.15. The number of benzene rings is 1. The Hall–Kier alpha value is -1.68. The van der Waals surface area contributed by atoms with Crippen LogP contribution in [0, 0.1) is 6.92 Å². The van der Waals surface area contributed by atoms with E-state index in [-0.39, 0.29) is 12.3 Å². The van der Waals surface area contributed by atoms with Gasteiger partial charge in [0.2, 0.25) is 0 Å². The zero-order valence-electron chi connectivity index (χ0n) is 8.74. The van der Waals surface area contributed by atoms with Gasteiger partial charge in [0.15, 0.2) is 5.78 Å². The van der Waals surface area contributed by atoms with Crippen molar-refractivity contribution in [3.63, 3.8) is 0 Å². The molecule has 2 N–H and O–H groups in total. The molecule has 1 aromatic carbocycles. The Morgan fingerprint density at radius 2 is 2.07 bits per heavy atom. The van der Waals surface area contributed by atoms with Crippen LogP contribution < -0.4 is 5.73 Å². The number of ether oxygens (including phenoxy) is 1. The molecule has 0 unspecified atom stereocenters. The van der Waals surface area contributed by atoms with Crippen LogP contribution in [0.1, 0.15) is 26.3 Å². The third-order valence-electron chi connectivity index (χ3n) is 2.14. The normalized spacial score (nSPS) is 9.80. The van der Waals surface area contributed by atoms with Crippen molar-refractivity contribution >= 4 is 11.8 Å². The van der Waals surface area contributed by atoms with Gasteiger partial charge in [-0.1, -0.05) is 6.07 Å². The number of esters is 1. The lowest BCUT2D eigenvalue weighted by Crippen LogP contribution is -2.14. The number of hydrogen-bond acceptors (Lipinski definition) is 4. The van der Waals surface area contributed by atoms with Crippen LogP contribution in [0.25, 0.3) is 0 Å². The second kappa shape index (κ2) is 4.70. The van der Waals surface area contributed by atoms with Gasteiger partial charge >= 0.3 is 5.97 Å². The number of nitrogens with two attached hydrogens (primary N) is 1. The van der Waals surface area contributed by atoms with E-state index in [0.29, 0.717) is 16.7 Å². The van der Waals surface area contributed by atoms with Gasteiger partial charge in [-0.15, -0.1) is 0 Å². The lowest BCUT2D eigenvalue weighted by molar-refractivity contribution is 0.0599. The number of aryl methyl sites for hydroxylation is 1. The van der Waals surface area contributed by atoms with Crippen LogP contribution in [-0.2, 0) is 4.74 Å². The predicted molar refractivity (Wildman–Crippen MR) is 55.9 cm³/mol. The van der Waals surface area contributed by atoms with E-state index in [1.54, 1.807) is 25.1 Å². The zero-order chi connectivity index (χ0) is 11.4. The van der Waals surface area contributed by atoms with Gasteiger partial charge in [-0.25, -0.2) is 4.79 Å². The molecule has 0 amide bonds. The van der Waals surface area contributed by atoms with Gasteiger partial charge in [0.1, 0.15) is 0 Å². The highest BCUT2D eigenvalue weighted by Gasteiger charge is 2.11. The third-order valence-corrected chi connectivity index (χ3v) is 2.14. The quantitative estimate of drug-likeness (QED) is 0.591. The molecule has 0 radical (unpaired) electrons. The van der Waals surface area contributed by atoms with Crippen molar-refractivity contribution in [3.05, 3.63) is 34.9 Å². The first kappa shape index (κ1) is 11.4. The molecule has 0 aliphatic heterocycles. The summed E-state index contributed by atoms with van der Waals surface area (Å²) in [5, 5.41) is 0. The van der Waals surface area contributed by atoms with E-state index < -0.39 is 5.97 Å². The lowest BCUT2D eigenvalue weighted by atomic mass is 10.0. The van der Waals surface area contributed by atoms with Crippen LogP contribution >= 0.6 is 0 Å². The molecule has 0 bridgehead atoms. The summed E-state index contributed by atoms with van der Waals surface area (Å²) >= 11 is 0. The summed E-state index contributed by atoms with van der Waals surface area (Å²) in [6.07, 6.45) is 0. The van der Waals surface area contributed by atoms with Gasteiger partial charge < -0.3 is 10.5 Å². The van der Waals surface area contributed by atoms with E-state index in [0.717, 1.165) is 0 Å². The fourth-order valence-corrected chi connectivity index (χ4v) is 1.29. The Kier molecular flexibility index (Phi) is 3.57. The van der Waals surface area contributed by atoms with E-state index in [1.807, 2.05) is 0 Å². The molecule has 80 valence electrons. The molecule has 4 heteroatoms.